The lowest BCUT2D eigenvalue weighted by Crippen LogP contribution is -2.09. The molecule has 0 aliphatic carbocycles. The highest BCUT2D eigenvalue weighted by Gasteiger charge is 2.14. The standard InChI is InChI=1S/C12H17ClN2O2S/c1-4-17-11(16)10-7-14-12(15-9(10)3)18-8(2)5-6-13/h7-8H,4-6H2,1-3H3. The lowest BCUT2D eigenvalue weighted by Gasteiger charge is -2.09. The first-order valence-corrected chi connectivity index (χ1v) is 7.23. The van der Waals surface area contributed by atoms with E-state index in [1.54, 1.807) is 25.6 Å². The zero-order chi connectivity index (χ0) is 13.5. The molecule has 1 aromatic heterocycles. The van der Waals surface area contributed by atoms with Crippen LogP contribution in [0.15, 0.2) is 11.4 Å². The molecule has 100 valence electrons. The smallest absolute Gasteiger partial charge is 0.341 e. The van der Waals surface area contributed by atoms with Gasteiger partial charge in [-0.25, -0.2) is 14.8 Å². The molecule has 0 amide bonds. The first kappa shape index (κ1) is 15.2. The van der Waals surface area contributed by atoms with Gasteiger partial charge in [0.25, 0.3) is 0 Å². The number of halogens is 1. The van der Waals surface area contributed by atoms with E-state index in [2.05, 4.69) is 16.9 Å². The van der Waals surface area contributed by atoms with Gasteiger partial charge in [0, 0.05) is 17.3 Å². The van der Waals surface area contributed by atoms with Gasteiger partial charge in [0.05, 0.1) is 17.9 Å². The van der Waals surface area contributed by atoms with Gasteiger partial charge in [-0.1, -0.05) is 18.7 Å². The van der Waals surface area contributed by atoms with E-state index in [-0.39, 0.29) is 5.97 Å². The van der Waals surface area contributed by atoms with Gasteiger partial charge in [-0.2, -0.15) is 0 Å². The summed E-state index contributed by atoms with van der Waals surface area (Å²) in [5.74, 6) is 0.244. The number of hydrogen-bond acceptors (Lipinski definition) is 5. The highest BCUT2D eigenvalue weighted by atomic mass is 35.5. The lowest BCUT2D eigenvalue weighted by molar-refractivity contribution is 0.0524. The van der Waals surface area contributed by atoms with Crippen molar-refractivity contribution in [3.63, 3.8) is 0 Å². The van der Waals surface area contributed by atoms with Crippen LogP contribution in [0.4, 0.5) is 0 Å². The van der Waals surface area contributed by atoms with Crippen molar-refractivity contribution in [2.75, 3.05) is 12.5 Å². The summed E-state index contributed by atoms with van der Waals surface area (Å²) in [6.07, 6.45) is 2.42. The third kappa shape index (κ3) is 4.46. The number of hydrogen-bond donors (Lipinski definition) is 0. The van der Waals surface area contributed by atoms with Crippen molar-refractivity contribution in [2.24, 2.45) is 0 Å². The molecule has 6 heteroatoms. The number of aryl methyl sites for hydroxylation is 1. The molecule has 18 heavy (non-hydrogen) atoms. The summed E-state index contributed by atoms with van der Waals surface area (Å²) in [5, 5.41) is 1.02. The number of rotatable bonds is 6. The van der Waals surface area contributed by atoms with E-state index in [0.717, 1.165) is 6.42 Å². The van der Waals surface area contributed by atoms with Crippen LogP contribution in [0.1, 0.15) is 36.3 Å². The molecular weight excluding hydrogens is 272 g/mol. The van der Waals surface area contributed by atoms with Gasteiger partial charge >= 0.3 is 5.97 Å². The molecule has 0 aliphatic rings. The average molecular weight is 289 g/mol. The van der Waals surface area contributed by atoms with Crippen molar-refractivity contribution in [3.8, 4) is 0 Å². The number of thioether (sulfide) groups is 1. The quantitative estimate of drug-likeness (QED) is 0.348. The Hall–Kier alpha value is -0.810. The highest BCUT2D eigenvalue weighted by Crippen LogP contribution is 2.22. The predicted octanol–water partition coefficient (Wildman–Crippen LogP) is 3.07. The van der Waals surface area contributed by atoms with E-state index in [9.17, 15) is 4.79 Å². The normalized spacial score (nSPS) is 12.2. The number of nitrogens with zero attached hydrogens (tertiary/aromatic N) is 2. The molecule has 4 nitrogen and oxygen atoms in total. The zero-order valence-corrected chi connectivity index (χ0v) is 12.3. The number of carbonyl (C=O) groups excluding carboxylic acids is 1. The minimum Gasteiger partial charge on any atom is -0.462 e. The second-order valence-electron chi connectivity index (χ2n) is 3.78. The summed E-state index contributed by atoms with van der Waals surface area (Å²) in [5.41, 5.74) is 1.07. The topological polar surface area (TPSA) is 52.1 Å². The molecule has 0 saturated carbocycles. The summed E-state index contributed by atoms with van der Waals surface area (Å²) in [4.78, 5) is 20.1. The van der Waals surface area contributed by atoms with Crippen molar-refractivity contribution in [2.45, 2.75) is 37.6 Å². The molecule has 1 unspecified atom stereocenters. The minimum atomic E-state index is -0.375. The van der Waals surface area contributed by atoms with Crippen LogP contribution in [-0.2, 0) is 4.74 Å². The van der Waals surface area contributed by atoms with Crippen LogP contribution in [0.2, 0.25) is 0 Å². The molecule has 0 aromatic carbocycles. The van der Waals surface area contributed by atoms with E-state index >= 15 is 0 Å². The highest BCUT2D eigenvalue weighted by molar-refractivity contribution is 7.99. The van der Waals surface area contributed by atoms with Crippen LogP contribution in [0.25, 0.3) is 0 Å². The maximum Gasteiger partial charge on any atom is 0.341 e. The van der Waals surface area contributed by atoms with Crippen LogP contribution in [-0.4, -0.2) is 33.7 Å². The van der Waals surface area contributed by atoms with Crippen LogP contribution in [0, 0.1) is 6.92 Å². The van der Waals surface area contributed by atoms with Crippen molar-refractivity contribution in [1.82, 2.24) is 9.97 Å². The number of esters is 1. The van der Waals surface area contributed by atoms with E-state index in [1.807, 2.05) is 0 Å². The van der Waals surface area contributed by atoms with Gasteiger partial charge in [0.15, 0.2) is 5.16 Å². The lowest BCUT2D eigenvalue weighted by atomic mass is 10.2. The molecule has 1 aromatic rings. The van der Waals surface area contributed by atoms with Crippen molar-refractivity contribution < 1.29 is 9.53 Å². The number of alkyl halides is 1. The summed E-state index contributed by atoms with van der Waals surface area (Å²) in [6, 6.07) is 0. The van der Waals surface area contributed by atoms with E-state index in [1.165, 1.54) is 6.20 Å². The van der Waals surface area contributed by atoms with Gasteiger partial charge in [0.1, 0.15) is 0 Å². The molecule has 0 radical (unpaired) electrons. The summed E-state index contributed by atoms with van der Waals surface area (Å²) in [7, 11) is 0. The van der Waals surface area contributed by atoms with Crippen molar-refractivity contribution >= 4 is 29.3 Å². The second kappa shape index (κ2) is 7.59. The summed E-state index contributed by atoms with van der Waals surface area (Å²) >= 11 is 7.24. The maximum absolute atomic E-state index is 11.6. The Bertz CT molecular complexity index is 415. The molecule has 1 atom stereocenters. The van der Waals surface area contributed by atoms with Crippen LogP contribution < -0.4 is 0 Å². The fraction of sp³-hybridized carbons (Fsp3) is 0.583. The van der Waals surface area contributed by atoms with Crippen LogP contribution in [0.3, 0.4) is 0 Å². The van der Waals surface area contributed by atoms with E-state index < -0.39 is 0 Å². The van der Waals surface area contributed by atoms with Crippen molar-refractivity contribution in [3.05, 3.63) is 17.5 Å². The third-order valence-corrected chi connectivity index (χ3v) is 3.54. The van der Waals surface area contributed by atoms with Gasteiger partial charge in [-0.3, -0.25) is 0 Å². The zero-order valence-electron chi connectivity index (χ0n) is 10.8. The Morgan fingerprint density at radius 3 is 2.89 bits per heavy atom. The Kier molecular flexibility index (Phi) is 6.43. The summed E-state index contributed by atoms with van der Waals surface area (Å²) < 4.78 is 4.93. The molecule has 0 spiro atoms. The van der Waals surface area contributed by atoms with Crippen LogP contribution in [0.5, 0.6) is 0 Å². The molecule has 0 N–H and O–H groups in total. The SMILES string of the molecule is CCOC(=O)c1cnc(SC(C)CCCl)nc1C. The molecule has 1 rings (SSSR count). The largest absolute Gasteiger partial charge is 0.462 e. The van der Waals surface area contributed by atoms with Crippen molar-refractivity contribution in [1.29, 1.82) is 0 Å². The van der Waals surface area contributed by atoms with E-state index in [0.29, 0.717) is 34.2 Å². The van der Waals surface area contributed by atoms with Gasteiger partial charge in [-0.15, -0.1) is 11.6 Å². The Balaban J connectivity index is 2.76. The third-order valence-electron chi connectivity index (χ3n) is 2.27. The number of ether oxygens (including phenoxy) is 1. The molecular formula is C12H17ClN2O2S. The van der Waals surface area contributed by atoms with Crippen LogP contribution >= 0.6 is 23.4 Å². The second-order valence-corrected chi connectivity index (χ2v) is 5.56. The average Bonchev–Trinajstić information content (AvgIpc) is 2.29. The first-order chi connectivity index (χ1) is 8.58. The number of carbonyl (C=O) groups is 1. The maximum atomic E-state index is 11.6. The number of aromatic nitrogens is 2. The Labute approximate surface area is 116 Å². The van der Waals surface area contributed by atoms with Gasteiger partial charge in [0.2, 0.25) is 0 Å². The fourth-order valence-corrected chi connectivity index (χ4v) is 2.66. The fourth-order valence-electron chi connectivity index (χ4n) is 1.30. The van der Waals surface area contributed by atoms with Gasteiger partial charge < -0.3 is 4.74 Å². The minimum absolute atomic E-state index is 0.349. The molecule has 0 aliphatic heterocycles. The Morgan fingerprint density at radius 2 is 2.33 bits per heavy atom. The first-order valence-electron chi connectivity index (χ1n) is 5.81. The molecule has 0 fully saturated rings. The molecule has 0 saturated heterocycles. The van der Waals surface area contributed by atoms with Gasteiger partial charge in [-0.05, 0) is 20.3 Å². The molecule has 1 heterocycles. The monoisotopic (exact) mass is 288 g/mol. The van der Waals surface area contributed by atoms with E-state index in [4.69, 9.17) is 16.3 Å². The molecule has 0 bridgehead atoms. The summed E-state index contributed by atoms with van der Waals surface area (Å²) in [6.45, 7) is 5.98. The Morgan fingerprint density at radius 1 is 1.61 bits per heavy atom. The predicted molar refractivity (Wildman–Crippen MR) is 73.4 cm³/mol.